The lowest BCUT2D eigenvalue weighted by molar-refractivity contribution is -0.130. The van der Waals surface area contributed by atoms with Crippen molar-refractivity contribution >= 4 is 11.8 Å². The number of carbonyl (C=O) groups excluding carboxylic acids is 2. The fourth-order valence-corrected chi connectivity index (χ4v) is 2.33. The Bertz CT molecular complexity index is 517. The van der Waals surface area contributed by atoms with E-state index in [1.54, 1.807) is 0 Å². The number of nitrogens with one attached hydrogen (secondary N) is 2. The van der Waals surface area contributed by atoms with Gasteiger partial charge in [0.25, 0.3) is 5.91 Å². The van der Waals surface area contributed by atoms with Crippen molar-refractivity contribution in [2.45, 2.75) is 65.2 Å². The van der Waals surface area contributed by atoms with Crippen LogP contribution in [0.5, 0.6) is 5.75 Å². The van der Waals surface area contributed by atoms with Crippen LogP contribution >= 0.6 is 0 Å². The predicted octanol–water partition coefficient (Wildman–Crippen LogP) is 3.70. The van der Waals surface area contributed by atoms with Gasteiger partial charge in [0, 0.05) is 6.42 Å². The van der Waals surface area contributed by atoms with E-state index in [1.807, 2.05) is 24.3 Å². The van der Waals surface area contributed by atoms with Gasteiger partial charge in [-0.2, -0.15) is 0 Å². The molecule has 0 aromatic heterocycles. The fourth-order valence-electron chi connectivity index (χ4n) is 2.33. The number of rotatable bonds is 10. The Balaban J connectivity index is 2.33. The van der Waals surface area contributed by atoms with Gasteiger partial charge in [-0.1, -0.05) is 58.2 Å². The molecule has 5 nitrogen and oxygen atoms in total. The van der Waals surface area contributed by atoms with Gasteiger partial charge in [0.1, 0.15) is 5.75 Å². The molecule has 1 rings (SSSR count). The van der Waals surface area contributed by atoms with Crippen LogP contribution in [0, 0.1) is 0 Å². The van der Waals surface area contributed by atoms with Crippen molar-refractivity contribution in [3.8, 4) is 5.75 Å². The molecule has 0 aliphatic heterocycles. The van der Waals surface area contributed by atoms with Gasteiger partial charge in [0.2, 0.25) is 5.91 Å². The highest BCUT2D eigenvalue weighted by Gasteiger charge is 2.11. The Morgan fingerprint density at radius 3 is 2.46 bits per heavy atom. The summed E-state index contributed by atoms with van der Waals surface area (Å²) in [6, 6.07) is 7.73. The van der Waals surface area contributed by atoms with E-state index >= 15 is 0 Å². The van der Waals surface area contributed by atoms with Crippen LogP contribution in [-0.4, -0.2) is 18.4 Å². The summed E-state index contributed by atoms with van der Waals surface area (Å²) in [5, 5.41) is 0. The molecule has 0 aliphatic rings. The molecule has 0 radical (unpaired) electrons. The van der Waals surface area contributed by atoms with Crippen molar-refractivity contribution in [3.05, 3.63) is 29.8 Å². The van der Waals surface area contributed by atoms with Crippen LogP contribution in [-0.2, 0) is 9.59 Å². The van der Waals surface area contributed by atoms with Crippen molar-refractivity contribution in [2.24, 2.45) is 0 Å². The van der Waals surface area contributed by atoms with E-state index in [1.165, 1.54) is 0 Å². The van der Waals surface area contributed by atoms with Crippen LogP contribution < -0.4 is 15.6 Å². The van der Waals surface area contributed by atoms with E-state index in [9.17, 15) is 9.59 Å². The molecule has 0 aliphatic carbocycles. The molecule has 0 heterocycles. The predicted molar refractivity (Wildman–Crippen MR) is 95.7 cm³/mol. The minimum atomic E-state index is -0.365. The average Bonchev–Trinajstić information content (AvgIpc) is 2.61. The molecule has 1 aromatic carbocycles. The Hall–Kier alpha value is -2.04. The summed E-state index contributed by atoms with van der Waals surface area (Å²) in [7, 11) is 0. The van der Waals surface area contributed by atoms with E-state index in [-0.39, 0.29) is 18.4 Å². The number of hydrazine groups is 1. The van der Waals surface area contributed by atoms with Crippen molar-refractivity contribution in [2.75, 3.05) is 6.61 Å². The van der Waals surface area contributed by atoms with Gasteiger partial charge in [-0.3, -0.25) is 20.4 Å². The summed E-state index contributed by atoms with van der Waals surface area (Å²) in [5.41, 5.74) is 5.91. The van der Waals surface area contributed by atoms with Crippen molar-refractivity contribution in [1.82, 2.24) is 10.9 Å². The lowest BCUT2D eigenvalue weighted by Crippen LogP contribution is -2.43. The monoisotopic (exact) mass is 334 g/mol. The van der Waals surface area contributed by atoms with Crippen molar-refractivity contribution < 1.29 is 14.3 Å². The maximum Gasteiger partial charge on any atom is 0.276 e. The summed E-state index contributed by atoms with van der Waals surface area (Å²) in [6.45, 7) is 6.24. The van der Waals surface area contributed by atoms with Gasteiger partial charge in [0.15, 0.2) is 6.61 Å². The number of carbonyl (C=O) groups is 2. The zero-order valence-electron chi connectivity index (χ0n) is 15.1. The fraction of sp³-hybridized carbons (Fsp3) is 0.579. The maximum atomic E-state index is 11.8. The molecule has 5 heteroatoms. The van der Waals surface area contributed by atoms with Crippen molar-refractivity contribution in [1.29, 1.82) is 0 Å². The van der Waals surface area contributed by atoms with Gasteiger partial charge in [-0.15, -0.1) is 0 Å². The van der Waals surface area contributed by atoms with Crippen molar-refractivity contribution in [3.63, 3.8) is 0 Å². The average molecular weight is 334 g/mol. The standard InChI is InChI=1S/C19H30N2O3/c1-4-6-7-8-13-18(22)20-21-19(23)14-24-17-12-10-9-11-16(17)15(3)5-2/h9-12,15H,4-8,13-14H2,1-3H3,(H,20,22)(H,21,23). The molecule has 0 fully saturated rings. The number of unbranched alkanes of at least 4 members (excludes halogenated alkanes) is 3. The van der Waals surface area contributed by atoms with E-state index in [0.717, 1.165) is 37.7 Å². The minimum Gasteiger partial charge on any atom is -0.483 e. The number of hydrogen-bond acceptors (Lipinski definition) is 3. The SMILES string of the molecule is CCCCCCC(=O)NNC(=O)COc1ccccc1C(C)CC. The normalized spacial score (nSPS) is 11.6. The van der Waals surface area contributed by atoms with E-state index < -0.39 is 0 Å². The molecule has 0 bridgehead atoms. The first kappa shape index (κ1) is 20.0. The second-order valence-corrected chi connectivity index (χ2v) is 6.04. The summed E-state index contributed by atoms with van der Waals surface area (Å²) >= 11 is 0. The number of benzene rings is 1. The third-order valence-electron chi connectivity index (χ3n) is 4.02. The first-order valence-corrected chi connectivity index (χ1v) is 8.87. The minimum absolute atomic E-state index is 0.121. The zero-order valence-corrected chi connectivity index (χ0v) is 15.1. The molecule has 0 spiro atoms. The highest BCUT2D eigenvalue weighted by Crippen LogP contribution is 2.28. The molecule has 24 heavy (non-hydrogen) atoms. The molecule has 2 amide bonds. The Morgan fingerprint density at radius 2 is 1.75 bits per heavy atom. The van der Waals surface area contributed by atoms with E-state index in [0.29, 0.717) is 18.1 Å². The quantitative estimate of drug-likeness (QED) is 0.506. The third-order valence-corrected chi connectivity index (χ3v) is 4.02. The van der Waals surface area contributed by atoms with Crippen LogP contribution in [0.15, 0.2) is 24.3 Å². The lowest BCUT2D eigenvalue weighted by atomic mass is 9.98. The maximum absolute atomic E-state index is 11.8. The van der Waals surface area contributed by atoms with Gasteiger partial charge in [-0.25, -0.2) is 0 Å². The number of para-hydroxylation sites is 1. The molecule has 134 valence electrons. The van der Waals surface area contributed by atoms with Gasteiger partial charge in [0.05, 0.1) is 0 Å². The molecular weight excluding hydrogens is 304 g/mol. The first-order valence-electron chi connectivity index (χ1n) is 8.87. The number of amides is 2. The molecule has 0 saturated heterocycles. The van der Waals surface area contributed by atoms with Crippen LogP contribution in [0.2, 0.25) is 0 Å². The number of ether oxygens (including phenoxy) is 1. The molecule has 1 atom stereocenters. The van der Waals surface area contributed by atoms with Crippen LogP contribution in [0.4, 0.5) is 0 Å². The molecular formula is C19H30N2O3. The second-order valence-electron chi connectivity index (χ2n) is 6.04. The van der Waals surface area contributed by atoms with E-state index in [4.69, 9.17) is 4.74 Å². The molecule has 2 N–H and O–H groups in total. The summed E-state index contributed by atoms with van der Waals surface area (Å²) in [5.74, 6) is 0.551. The van der Waals surface area contributed by atoms with E-state index in [2.05, 4.69) is 31.6 Å². The topological polar surface area (TPSA) is 67.4 Å². The Labute approximate surface area is 145 Å². The van der Waals surface area contributed by atoms with Gasteiger partial charge in [-0.05, 0) is 30.4 Å². The zero-order chi connectivity index (χ0) is 17.8. The molecule has 1 unspecified atom stereocenters. The van der Waals surface area contributed by atoms with Crippen LogP contribution in [0.25, 0.3) is 0 Å². The summed E-state index contributed by atoms with van der Waals surface area (Å²) in [4.78, 5) is 23.4. The van der Waals surface area contributed by atoms with Gasteiger partial charge >= 0.3 is 0 Å². The lowest BCUT2D eigenvalue weighted by Gasteiger charge is -2.15. The summed E-state index contributed by atoms with van der Waals surface area (Å²) in [6.07, 6.45) is 5.57. The largest absolute Gasteiger partial charge is 0.483 e. The Kier molecular flexibility index (Phi) is 9.58. The smallest absolute Gasteiger partial charge is 0.276 e. The second kappa shape index (κ2) is 11.5. The first-order chi connectivity index (χ1) is 11.6. The van der Waals surface area contributed by atoms with Crippen LogP contribution in [0.1, 0.15) is 70.8 Å². The third kappa shape index (κ3) is 7.49. The Morgan fingerprint density at radius 1 is 1.04 bits per heavy atom. The van der Waals surface area contributed by atoms with Crippen LogP contribution in [0.3, 0.4) is 0 Å². The summed E-state index contributed by atoms with van der Waals surface area (Å²) < 4.78 is 5.60. The molecule has 0 saturated carbocycles. The molecule has 1 aromatic rings. The number of hydrogen-bond donors (Lipinski definition) is 2. The van der Waals surface area contributed by atoms with Gasteiger partial charge < -0.3 is 4.74 Å². The highest BCUT2D eigenvalue weighted by molar-refractivity contribution is 5.82. The highest BCUT2D eigenvalue weighted by atomic mass is 16.5.